The van der Waals surface area contributed by atoms with E-state index in [0.717, 1.165) is 24.4 Å². The first kappa shape index (κ1) is 22.9. The number of hydrogen-bond acceptors (Lipinski definition) is 3. The van der Waals surface area contributed by atoms with Gasteiger partial charge in [-0.05, 0) is 46.8 Å². The molecule has 1 aromatic carbocycles. The standard InChI is InChI=1S/C22H34N2O3/c1-8-24(7,9-2)17(3)15-20(25)23-19(21(26)27-22(4,5)6)16-18-13-11-10-12-14-18/h10-14,19H,3,8-9,15-16H2,1-2,4-7H3/p+1/t19-/m0/s1. The number of quaternary nitrogens is 1. The molecule has 0 unspecified atom stereocenters. The molecule has 0 aliphatic rings. The molecule has 0 fully saturated rings. The molecule has 5 nitrogen and oxygen atoms in total. The molecule has 150 valence electrons. The molecular weight excluding hydrogens is 340 g/mol. The number of rotatable bonds is 9. The largest absolute Gasteiger partial charge is 0.458 e. The van der Waals surface area contributed by atoms with Gasteiger partial charge in [0.1, 0.15) is 23.8 Å². The van der Waals surface area contributed by atoms with Crippen molar-refractivity contribution in [1.29, 1.82) is 0 Å². The van der Waals surface area contributed by atoms with E-state index < -0.39 is 17.6 Å². The molecule has 0 bridgehead atoms. The number of carbonyl (C=O) groups excluding carboxylic acids is 2. The second-order valence-electron chi connectivity index (χ2n) is 8.11. The SMILES string of the molecule is C=C(CC(=O)N[C@@H](Cc1ccccc1)C(=O)OC(C)(C)C)[N+](C)(CC)CC. The maximum atomic E-state index is 12.6. The Morgan fingerprint density at radius 3 is 2.19 bits per heavy atom. The van der Waals surface area contributed by atoms with E-state index >= 15 is 0 Å². The van der Waals surface area contributed by atoms with Crippen molar-refractivity contribution in [3.63, 3.8) is 0 Å². The van der Waals surface area contributed by atoms with Crippen LogP contribution in [-0.4, -0.2) is 48.1 Å². The third kappa shape index (κ3) is 7.55. The lowest BCUT2D eigenvalue weighted by molar-refractivity contribution is -0.869. The summed E-state index contributed by atoms with van der Waals surface area (Å²) in [5.74, 6) is -0.633. The number of hydrogen-bond donors (Lipinski definition) is 1. The molecule has 0 aromatic heterocycles. The summed E-state index contributed by atoms with van der Waals surface area (Å²) in [5.41, 5.74) is 1.19. The molecule has 0 aliphatic heterocycles. The molecule has 1 aromatic rings. The third-order valence-corrected chi connectivity index (χ3v) is 4.83. The predicted molar refractivity (Wildman–Crippen MR) is 109 cm³/mol. The molecule has 0 heterocycles. The average Bonchev–Trinajstić information content (AvgIpc) is 2.59. The fraction of sp³-hybridized carbons (Fsp3) is 0.545. The van der Waals surface area contributed by atoms with Crippen LogP contribution >= 0.6 is 0 Å². The lowest BCUT2D eigenvalue weighted by atomic mass is 10.0. The highest BCUT2D eigenvalue weighted by Gasteiger charge is 2.29. The zero-order valence-electron chi connectivity index (χ0n) is 17.7. The van der Waals surface area contributed by atoms with Crippen LogP contribution in [0.15, 0.2) is 42.6 Å². The number of amides is 1. The van der Waals surface area contributed by atoms with Crippen molar-refractivity contribution in [2.24, 2.45) is 0 Å². The Hall–Kier alpha value is -2.14. The van der Waals surface area contributed by atoms with E-state index in [1.165, 1.54) is 0 Å². The van der Waals surface area contributed by atoms with Crippen LogP contribution in [0.25, 0.3) is 0 Å². The summed E-state index contributed by atoms with van der Waals surface area (Å²) in [6, 6.07) is 8.89. The highest BCUT2D eigenvalue weighted by Crippen LogP contribution is 2.16. The van der Waals surface area contributed by atoms with Crippen LogP contribution in [0.4, 0.5) is 0 Å². The van der Waals surface area contributed by atoms with Gasteiger partial charge in [-0.15, -0.1) is 0 Å². The minimum absolute atomic E-state index is 0.187. The number of esters is 1. The van der Waals surface area contributed by atoms with Crippen molar-refractivity contribution < 1.29 is 18.8 Å². The van der Waals surface area contributed by atoms with Gasteiger partial charge in [0.25, 0.3) is 0 Å². The minimum atomic E-state index is -0.728. The van der Waals surface area contributed by atoms with Crippen LogP contribution < -0.4 is 5.32 Å². The van der Waals surface area contributed by atoms with Gasteiger partial charge in [0.2, 0.25) is 5.91 Å². The fourth-order valence-electron chi connectivity index (χ4n) is 2.71. The van der Waals surface area contributed by atoms with Crippen LogP contribution in [0.1, 0.15) is 46.6 Å². The van der Waals surface area contributed by atoms with Crippen LogP contribution in [0.3, 0.4) is 0 Å². The molecular formula is C22H35N2O3+. The minimum Gasteiger partial charge on any atom is -0.458 e. The molecule has 0 saturated heterocycles. The summed E-state index contributed by atoms with van der Waals surface area (Å²) >= 11 is 0. The predicted octanol–water partition coefficient (Wildman–Crippen LogP) is 3.45. The molecule has 1 amide bonds. The second-order valence-corrected chi connectivity index (χ2v) is 8.11. The Kier molecular flexibility index (Phi) is 8.22. The Morgan fingerprint density at radius 1 is 1.15 bits per heavy atom. The van der Waals surface area contributed by atoms with Crippen molar-refractivity contribution >= 4 is 11.9 Å². The molecule has 0 saturated carbocycles. The van der Waals surface area contributed by atoms with Crippen molar-refractivity contribution in [2.45, 2.75) is 59.1 Å². The summed E-state index contributed by atoms with van der Waals surface area (Å²) in [4.78, 5) is 25.2. The van der Waals surface area contributed by atoms with E-state index in [-0.39, 0.29) is 12.3 Å². The molecule has 0 spiro atoms. The van der Waals surface area contributed by atoms with Gasteiger partial charge in [-0.25, -0.2) is 4.79 Å². The Bertz CT molecular complexity index is 643. The van der Waals surface area contributed by atoms with Gasteiger partial charge < -0.3 is 10.1 Å². The smallest absolute Gasteiger partial charge is 0.329 e. The third-order valence-electron chi connectivity index (χ3n) is 4.83. The van der Waals surface area contributed by atoms with Crippen molar-refractivity contribution in [1.82, 2.24) is 5.32 Å². The molecule has 1 rings (SSSR count). The highest BCUT2D eigenvalue weighted by molar-refractivity contribution is 5.85. The summed E-state index contributed by atoms with van der Waals surface area (Å²) in [7, 11) is 2.06. The Balaban J connectivity index is 2.88. The van der Waals surface area contributed by atoms with E-state index in [2.05, 4.69) is 32.8 Å². The van der Waals surface area contributed by atoms with E-state index in [0.29, 0.717) is 10.9 Å². The lowest BCUT2D eigenvalue weighted by Gasteiger charge is -2.33. The molecule has 5 heteroatoms. The molecule has 1 atom stereocenters. The maximum Gasteiger partial charge on any atom is 0.329 e. The summed E-state index contributed by atoms with van der Waals surface area (Å²) in [6.07, 6.45) is 0.577. The first-order valence-corrected chi connectivity index (χ1v) is 9.59. The summed E-state index contributed by atoms with van der Waals surface area (Å²) < 4.78 is 6.14. The summed E-state index contributed by atoms with van der Waals surface area (Å²) in [6.45, 7) is 15.4. The van der Waals surface area contributed by atoms with Gasteiger partial charge in [-0.1, -0.05) is 30.3 Å². The van der Waals surface area contributed by atoms with Crippen molar-refractivity contribution in [2.75, 3.05) is 20.1 Å². The van der Waals surface area contributed by atoms with E-state index in [4.69, 9.17) is 4.74 Å². The van der Waals surface area contributed by atoms with Crippen molar-refractivity contribution in [3.8, 4) is 0 Å². The average molecular weight is 376 g/mol. The number of ether oxygens (including phenoxy) is 1. The van der Waals surface area contributed by atoms with Crippen molar-refractivity contribution in [3.05, 3.63) is 48.2 Å². The maximum absolute atomic E-state index is 12.6. The van der Waals surface area contributed by atoms with Gasteiger partial charge >= 0.3 is 5.97 Å². The van der Waals surface area contributed by atoms with Gasteiger partial charge in [0.15, 0.2) is 0 Å². The van der Waals surface area contributed by atoms with Gasteiger partial charge in [0.05, 0.1) is 20.1 Å². The van der Waals surface area contributed by atoms with Crippen LogP contribution in [0.5, 0.6) is 0 Å². The highest BCUT2D eigenvalue weighted by atomic mass is 16.6. The Labute approximate surface area is 164 Å². The topological polar surface area (TPSA) is 55.4 Å². The number of benzene rings is 1. The van der Waals surface area contributed by atoms with E-state index in [1.54, 1.807) is 0 Å². The zero-order valence-corrected chi connectivity index (χ0v) is 17.7. The van der Waals surface area contributed by atoms with E-state index in [1.807, 2.05) is 51.1 Å². The normalized spacial score (nSPS) is 13.0. The number of carbonyl (C=O) groups is 2. The van der Waals surface area contributed by atoms with Gasteiger partial charge in [-0.2, -0.15) is 0 Å². The molecule has 1 N–H and O–H groups in total. The monoisotopic (exact) mass is 375 g/mol. The molecule has 27 heavy (non-hydrogen) atoms. The molecule has 0 aliphatic carbocycles. The summed E-state index contributed by atoms with van der Waals surface area (Å²) in [5, 5.41) is 2.85. The van der Waals surface area contributed by atoms with Gasteiger partial charge in [-0.3, -0.25) is 9.28 Å². The second kappa shape index (κ2) is 9.70. The quantitative estimate of drug-likeness (QED) is 0.531. The van der Waals surface area contributed by atoms with Crippen LogP contribution in [0.2, 0.25) is 0 Å². The first-order valence-electron chi connectivity index (χ1n) is 9.59. The van der Waals surface area contributed by atoms with Gasteiger partial charge in [0, 0.05) is 6.42 Å². The van der Waals surface area contributed by atoms with Crippen LogP contribution in [-0.2, 0) is 20.7 Å². The van der Waals surface area contributed by atoms with E-state index in [9.17, 15) is 9.59 Å². The number of nitrogens with one attached hydrogen (secondary N) is 1. The first-order chi connectivity index (χ1) is 12.5. The fourth-order valence-corrected chi connectivity index (χ4v) is 2.71. The zero-order chi connectivity index (χ0) is 20.7. The lowest BCUT2D eigenvalue weighted by Crippen LogP contribution is -2.47. The van der Waals surface area contributed by atoms with Crippen LogP contribution in [0, 0.1) is 0 Å². The Morgan fingerprint density at radius 2 is 1.70 bits per heavy atom. The molecule has 0 radical (unpaired) electrons. The number of nitrogens with zero attached hydrogens (tertiary/aromatic N) is 1.